The largest absolute Gasteiger partial charge is 0.455 e. The lowest BCUT2D eigenvalue weighted by Gasteiger charge is -2.28. The van der Waals surface area contributed by atoms with Crippen molar-refractivity contribution in [2.45, 2.75) is 0 Å². The van der Waals surface area contributed by atoms with Gasteiger partial charge in [-0.25, -0.2) is 0 Å². The fourth-order valence-electron chi connectivity index (χ4n) is 8.77. The molecule has 58 heavy (non-hydrogen) atoms. The van der Waals surface area contributed by atoms with Crippen molar-refractivity contribution in [3.05, 3.63) is 224 Å². The first kappa shape index (κ1) is 33.6. The van der Waals surface area contributed by atoms with Crippen LogP contribution in [0.5, 0.6) is 0 Å². The molecular weight excluding hydrogens is 703 g/mol. The molecule has 1 aromatic heterocycles. The molecule has 11 aromatic rings. The number of hydrogen-bond acceptors (Lipinski definition) is 2. The van der Waals surface area contributed by atoms with Crippen LogP contribution in [-0.4, -0.2) is 0 Å². The van der Waals surface area contributed by atoms with E-state index in [1.165, 1.54) is 54.9 Å². The maximum Gasteiger partial charge on any atom is 0.143 e. The van der Waals surface area contributed by atoms with E-state index in [4.69, 9.17) is 4.42 Å². The Balaban J connectivity index is 1.05. The second kappa shape index (κ2) is 14.1. The molecule has 0 radical (unpaired) electrons. The molecule has 272 valence electrons. The molecule has 0 atom stereocenters. The first-order valence-corrected chi connectivity index (χ1v) is 19.8. The highest BCUT2D eigenvalue weighted by molar-refractivity contribution is 6.10. The van der Waals surface area contributed by atoms with Gasteiger partial charge in [-0.15, -0.1) is 0 Å². The zero-order valence-electron chi connectivity index (χ0n) is 31.7. The standard InChI is InChI=1S/C56H37NO/c1-3-18-44-38(14-1)16-11-25-49(44)48-21-6-5-20-46(48)40-30-34-42(35-31-40)57(54-28-9-7-22-51(54)50-26-12-17-39-15-2-4-19-45(39)50)43-36-32-41(33-37-43)47-24-13-27-53-52-23-8-10-29-55(52)58-56(47)53/h1-37H. The third kappa shape index (κ3) is 5.74. The van der Waals surface area contributed by atoms with Crippen molar-refractivity contribution in [3.63, 3.8) is 0 Å². The first-order valence-electron chi connectivity index (χ1n) is 19.8. The molecule has 0 aliphatic rings. The van der Waals surface area contributed by atoms with Crippen LogP contribution in [0.1, 0.15) is 0 Å². The van der Waals surface area contributed by atoms with Gasteiger partial charge in [-0.1, -0.05) is 188 Å². The molecule has 0 amide bonds. The fourth-order valence-corrected chi connectivity index (χ4v) is 8.77. The summed E-state index contributed by atoms with van der Waals surface area (Å²) in [7, 11) is 0. The van der Waals surface area contributed by atoms with Gasteiger partial charge >= 0.3 is 0 Å². The lowest BCUT2D eigenvalue weighted by molar-refractivity contribution is 0.670. The van der Waals surface area contributed by atoms with Crippen LogP contribution in [0, 0.1) is 0 Å². The topological polar surface area (TPSA) is 16.4 Å². The van der Waals surface area contributed by atoms with Gasteiger partial charge in [-0.2, -0.15) is 0 Å². The molecule has 2 heteroatoms. The van der Waals surface area contributed by atoms with Gasteiger partial charge in [0, 0.05) is 33.3 Å². The average Bonchev–Trinajstić information content (AvgIpc) is 3.69. The second-order valence-electron chi connectivity index (χ2n) is 14.8. The van der Waals surface area contributed by atoms with Crippen LogP contribution >= 0.6 is 0 Å². The second-order valence-corrected chi connectivity index (χ2v) is 14.8. The summed E-state index contributed by atoms with van der Waals surface area (Å²) in [6.07, 6.45) is 0. The molecule has 0 saturated heterocycles. The maximum atomic E-state index is 6.45. The third-order valence-electron chi connectivity index (χ3n) is 11.5. The summed E-state index contributed by atoms with van der Waals surface area (Å²) in [5.41, 5.74) is 14.5. The molecule has 0 bridgehead atoms. The van der Waals surface area contributed by atoms with Crippen molar-refractivity contribution in [1.29, 1.82) is 0 Å². The number of para-hydroxylation sites is 3. The molecule has 2 nitrogen and oxygen atoms in total. The lowest BCUT2D eigenvalue weighted by Crippen LogP contribution is -2.11. The highest BCUT2D eigenvalue weighted by Gasteiger charge is 2.20. The molecule has 0 unspecified atom stereocenters. The van der Waals surface area contributed by atoms with E-state index in [0.29, 0.717) is 0 Å². The monoisotopic (exact) mass is 739 g/mol. The van der Waals surface area contributed by atoms with E-state index in [1.54, 1.807) is 0 Å². The number of fused-ring (bicyclic) bond motifs is 5. The number of furan rings is 1. The predicted molar refractivity (Wildman–Crippen MR) is 245 cm³/mol. The van der Waals surface area contributed by atoms with Crippen LogP contribution in [-0.2, 0) is 0 Å². The molecular formula is C56H37NO. The zero-order chi connectivity index (χ0) is 38.4. The van der Waals surface area contributed by atoms with Crippen LogP contribution in [0.4, 0.5) is 17.1 Å². The van der Waals surface area contributed by atoms with Gasteiger partial charge in [-0.3, -0.25) is 0 Å². The van der Waals surface area contributed by atoms with Gasteiger partial charge in [0.05, 0.1) is 5.69 Å². The van der Waals surface area contributed by atoms with Crippen molar-refractivity contribution in [1.82, 2.24) is 0 Å². The minimum atomic E-state index is 0.904. The number of anilines is 3. The molecule has 0 aliphatic carbocycles. The molecule has 11 rings (SSSR count). The van der Waals surface area contributed by atoms with Gasteiger partial charge < -0.3 is 9.32 Å². The van der Waals surface area contributed by atoms with Crippen molar-refractivity contribution < 1.29 is 4.42 Å². The molecule has 10 aromatic carbocycles. The number of rotatable bonds is 7. The summed E-state index contributed by atoms with van der Waals surface area (Å²) in [5.74, 6) is 0. The highest BCUT2D eigenvalue weighted by Crippen LogP contribution is 2.45. The van der Waals surface area contributed by atoms with Crippen LogP contribution in [0.2, 0.25) is 0 Å². The van der Waals surface area contributed by atoms with Gasteiger partial charge in [-0.05, 0) is 91.3 Å². The molecule has 0 spiro atoms. The van der Waals surface area contributed by atoms with Crippen LogP contribution < -0.4 is 4.90 Å². The van der Waals surface area contributed by atoms with Crippen molar-refractivity contribution in [3.8, 4) is 44.5 Å². The van der Waals surface area contributed by atoms with Crippen molar-refractivity contribution in [2.24, 2.45) is 0 Å². The van der Waals surface area contributed by atoms with Crippen LogP contribution in [0.25, 0.3) is 88.0 Å². The Labute approximate surface area is 337 Å². The van der Waals surface area contributed by atoms with E-state index < -0.39 is 0 Å². The first-order chi connectivity index (χ1) is 28.8. The van der Waals surface area contributed by atoms with E-state index in [-0.39, 0.29) is 0 Å². The Morgan fingerprint density at radius 1 is 0.276 bits per heavy atom. The summed E-state index contributed by atoms with van der Waals surface area (Å²) in [6.45, 7) is 0. The Hall–Kier alpha value is -7.68. The van der Waals surface area contributed by atoms with Crippen molar-refractivity contribution in [2.75, 3.05) is 4.90 Å². The Bertz CT molecular complexity index is 3270. The minimum Gasteiger partial charge on any atom is -0.455 e. The summed E-state index contributed by atoms with van der Waals surface area (Å²) < 4.78 is 6.45. The van der Waals surface area contributed by atoms with E-state index in [1.807, 2.05) is 12.1 Å². The normalized spacial score (nSPS) is 11.4. The Kier molecular flexibility index (Phi) is 8.19. The lowest BCUT2D eigenvalue weighted by atomic mass is 9.91. The van der Waals surface area contributed by atoms with E-state index in [0.717, 1.165) is 50.1 Å². The molecule has 0 saturated carbocycles. The van der Waals surface area contributed by atoms with Crippen LogP contribution in [0.15, 0.2) is 229 Å². The third-order valence-corrected chi connectivity index (χ3v) is 11.5. The van der Waals surface area contributed by atoms with E-state index in [2.05, 4.69) is 217 Å². The zero-order valence-corrected chi connectivity index (χ0v) is 31.7. The van der Waals surface area contributed by atoms with Gasteiger partial charge in [0.25, 0.3) is 0 Å². The molecule has 0 N–H and O–H groups in total. The van der Waals surface area contributed by atoms with Gasteiger partial charge in [0.15, 0.2) is 0 Å². The molecule has 1 heterocycles. The average molecular weight is 740 g/mol. The fraction of sp³-hybridized carbons (Fsp3) is 0. The van der Waals surface area contributed by atoms with Crippen molar-refractivity contribution >= 4 is 60.5 Å². The van der Waals surface area contributed by atoms with Gasteiger partial charge in [0.1, 0.15) is 11.2 Å². The number of hydrogen-bond donors (Lipinski definition) is 0. The minimum absolute atomic E-state index is 0.904. The predicted octanol–water partition coefficient (Wildman–Crippen LogP) is 16.0. The van der Waals surface area contributed by atoms with E-state index in [9.17, 15) is 0 Å². The summed E-state index contributed by atoms with van der Waals surface area (Å²) in [6, 6.07) is 80.7. The Morgan fingerprint density at radius 3 is 1.38 bits per heavy atom. The quantitative estimate of drug-likeness (QED) is 0.162. The molecule has 0 aliphatic heterocycles. The summed E-state index contributed by atoms with van der Waals surface area (Å²) >= 11 is 0. The SMILES string of the molecule is c1ccc(-c2cccc3ccccc23)c(-c2ccc(N(c3ccc(-c4cccc5c4oc4ccccc45)cc3)c3ccccc3-c3cccc4ccccc34)cc2)c1. The molecule has 0 fully saturated rings. The smallest absolute Gasteiger partial charge is 0.143 e. The number of benzene rings is 10. The van der Waals surface area contributed by atoms with Crippen LogP contribution in [0.3, 0.4) is 0 Å². The maximum absolute atomic E-state index is 6.45. The Morgan fingerprint density at radius 2 is 0.707 bits per heavy atom. The van der Waals surface area contributed by atoms with Gasteiger partial charge in [0.2, 0.25) is 0 Å². The summed E-state index contributed by atoms with van der Waals surface area (Å²) in [5, 5.41) is 7.21. The number of nitrogens with zero attached hydrogens (tertiary/aromatic N) is 1. The van der Waals surface area contributed by atoms with E-state index >= 15 is 0 Å². The highest BCUT2D eigenvalue weighted by atomic mass is 16.3. The summed E-state index contributed by atoms with van der Waals surface area (Å²) in [4.78, 5) is 2.39.